The number of rotatable bonds is 9. The molecule has 0 fully saturated rings. The lowest BCUT2D eigenvalue weighted by Crippen LogP contribution is -2.32. The zero-order chi connectivity index (χ0) is 15.7. The first-order valence-electron chi connectivity index (χ1n) is 7.95. The quantitative estimate of drug-likeness (QED) is 0.660. The van der Waals surface area contributed by atoms with E-state index in [4.69, 9.17) is 0 Å². The molecule has 0 unspecified atom stereocenters. The molecule has 0 heterocycles. The van der Waals surface area contributed by atoms with E-state index < -0.39 is 0 Å². The Morgan fingerprint density at radius 2 is 1.65 bits per heavy atom. The van der Waals surface area contributed by atoms with Gasteiger partial charge in [-0.3, -0.25) is 4.79 Å². The van der Waals surface area contributed by atoms with Crippen LogP contribution < -0.4 is 15.5 Å². The second kappa shape index (κ2) is 13.5. The van der Waals surface area contributed by atoms with Crippen LogP contribution in [-0.4, -0.2) is 38.1 Å². The molecule has 0 atom stereocenters. The lowest BCUT2D eigenvalue weighted by atomic mass is 10.1. The number of nitrogens with one attached hydrogen (secondary N) is 2. The molecule has 0 saturated carbocycles. The number of hydrogen-bond donors (Lipinski definition) is 2. The van der Waals surface area contributed by atoms with Gasteiger partial charge in [-0.25, -0.2) is 0 Å². The van der Waals surface area contributed by atoms with Crippen LogP contribution in [0.2, 0.25) is 0 Å². The molecule has 23 heavy (non-hydrogen) atoms. The molecule has 1 amide bonds. The van der Waals surface area contributed by atoms with Gasteiger partial charge < -0.3 is 15.5 Å². The molecule has 0 radical (unpaired) electrons. The lowest BCUT2D eigenvalue weighted by molar-refractivity contribution is 0.0954. The zero-order valence-electron chi connectivity index (χ0n) is 14.6. The average Bonchev–Trinajstić information content (AvgIpc) is 2.48. The summed E-state index contributed by atoms with van der Waals surface area (Å²) in [7, 11) is 0. The molecule has 0 aromatic heterocycles. The summed E-state index contributed by atoms with van der Waals surface area (Å²) in [5.41, 5.74) is 1.88. The molecule has 1 aromatic carbocycles. The van der Waals surface area contributed by atoms with Crippen LogP contribution in [0.5, 0.6) is 0 Å². The molecule has 1 rings (SSSR count). The van der Waals surface area contributed by atoms with Crippen LogP contribution in [0.15, 0.2) is 24.3 Å². The first-order chi connectivity index (χ1) is 10.1. The van der Waals surface area contributed by atoms with Crippen LogP contribution in [0.3, 0.4) is 0 Å². The third-order valence-corrected chi connectivity index (χ3v) is 3.44. The van der Waals surface area contributed by atoms with Gasteiger partial charge in [0.25, 0.3) is 5.91 Å². The molecule has 0 bridgehead atoms. The molecule has 6 heteroatoms. The maximum Gasteiger partial charge on any atom is 0.251 e. The minimum atomic E-state index is -0.00700. The highest BCUT2D eigenvalue weighted by atomic mass is 35.5. The highest BCUT2D eigenvalue weighted by Gasteiger charge is 2.09. The van der Waals surface area contributed by atoms with Crippen molar-refractivity contribution in [2.75, 3.05) is 31.1 Å². The van der Waals surface area contributed by atoms with E-state index >= 15 is 0 Å². The van der Waals surface area contributed by atoms with Crippen molar-refractivity contribution in [3.05, 3.63) is 29.8 Å². The van der Waals surface area contributed by atoms with Gasteiger partial charge in [0.1, 0.15) is 0 Å². The molecule has 0 spiro atoms. The smallest absolute Gasteiger partial charge is 0.251 e. The number of carbonyl (C=O) groups is 1. The van der Waals surface area contributed by atoms with Gasteiger partial charge in [0.15, 0.2) is 0 Å². The summed E-state index contributed by atoms with van der Waals surface area (Å²) in [5.74, 6) is -0.00700. The molecule has 134 valence electrons. The third-order valence-electron chi connectivity index (χ3n) is 3.44. The van der Waals surface area contributed by atoms with E-state index in [2.05, 4.69) is 43.2 Å². The predicted molar refractivity (Wildman–Crippen MR) is 105 cm³/mol. The zero-order valence-corrected chi connectivity index (χ0v) is 16.2. The molecule has 0 saturated heterocycles. The third kappa shape index (κ3) is 8.45. The van der Waals surface area contributed by atoms with Crippen molar-refractivity contribution in [2.24, 2.45) is 0 Å². The van der Waals surface area contributed by atoms with Gasteiger partial charge in [-0.15, -0.1) is 24.8 Å². The fourth-order valence-corrected chi connectivity index (χ4v) is 2.32. The minimum absolute atomic E-state index is 0. The Morgan fingerprint density at radius 3 is 2.13 bits per heavy atom. The molecular formula is C17H31Cl2N3O. The molecule has 0 aliphatic rings. The summed E-state index contributed by atoms with van der Waals surface area (Å²) in [6.07, 6.45) is 1.11. The molecule has 0 aliphatic carbocycles. The summed E-state index contributed by atoms with van der Waals surface area (Å²) in [4.78, 5) is 14.3. The van der Waals surface area contributed by atoms with Crippen LogP contribution in [0.1, 0.15) is 44.5 Å². The van der Waals surface area contributed by atoms with Crippen molar-refractivity contribution in [2.45, 2.75) is 40.2 Å². The minimum Gasteiger partial charge on any atom is -0.369 e. The standard InChI is InChI=1S/C17H29N3O.2ClH/c1-5-11-18-12-13-19-17(21)15-7-9-16(10-8-15)20(6-2)14(3)4;;/h7-10,14,18H,5-6,11-13H2,1-4H3,(H,19,21);2*1H. The van der Waals surface area contributed by atoms with Gasteiger partial charge in [-0.1, -0.05) is 6.92 Å². The van der Waals surface area contributed by atoms with Gasteiger partial charge in [0.2, 0.25) is 0 Å². The van der Waals surface area contributed by atoms with E-state index in [-0.39, 0.29) is 30.7 Å². The Hall–Kier alpha value is -0.970. The van der Waals surface area contributed by atoms with E-state index in [1.54, 1.807) is 0 Å². The Bertz CT molecular complexity index is 424. The van der Waals surface area contributed by atoms with E-state index in [0.717, 1.165) is 31.7 Å². The van der Waals surface area contributed by atoms with E-state index in [1.165, 1.54) is 0 Å². The van der Waals surface area contributed by atoms with Crippen molar-refractivity contribution < 1.29 is 4.79 Å². The Labute approximate surface area is 153 Å². The van der Waals surface area contributed by atoms with Crippen molar-refractivity contribution in [3.63, 3.8) is 0 Å². The van der Waals surface area contributed by atoms with E-state index in [1.807, 2.05) is 24.3 Å². The lowest BCUT2D eigenvalue weighted by Gasteiger charge is -2.27. The van der Waals surface area contributed by atoms with Gasteiger partial charge >= 0.3 is 0 Å². The second-order valence-electron chi connectivity index (χ2n) is 5.43. The number of hydrogen-bond acceptors (Lipinski definition) is 3. The monoisotopic (exact) mass is 363 g/mol. The fraction of sp³-hybridized carbons (Fsp3) is 0.588. The first kappa shape index (κ1) is 24.3. The maximum absolute atomic E-state index is 12.0. The number of anilines is 1. The van der Waals surface area contributed by atoms with Gasteiger partial charge in [-0.2, -0.15) is 0 Å². The highest BCUT2D eigenvalue weighted by Crippen LogP contribution is 2.17. The molecular weight excluding hydrogens is 333 g/mol. The van der Waals surface area contributed by atoms with Crippen molar-refractivity contribution in [1.82, 2.24) is 10.6 Å². The van der Waals surface area contributed by atoms with E-state index in [9.17, 15) is 4.79 Å². The first-order valence-corrected chi connectivity index (χ1v) is 7.95. The van der Waals surface area contributed by atoms with Crippen molar-refractivity contribution in [3.8, 4) is 0 Å². The van der Waals surface area contributed by atoms with Gasteiger partial charge in [-0.05, 0) is 58.0 Å². The van der Waals surface area contributed by atoms with Gasteiger partial charge in [0.05, 0.1) is 0 Å². The SMILES string of the molecule is CCCNCCNC(=O)c1ccc(N(CC)C(C)C)cc1.Cl.Cl. The van der Waals surface area contributed by atoms with Gasteiger partial charge in [0, 0.05) is 36.9 Å². The van der Waals surface area contributed by atoms with Crippen molar-refractivity contribution >= 4 is 36.4 Å². The summed E-state index contributed by atoms with van der Waals surface area (Å²) in [6, 6.07) is 8.30. The number of carbonyl (C=O) groups excluding carboxylic acids is 1. The van der Waals surface area contributed by atoms with Crippen molar-refractivity contribution in [1.29, 1.82) is 0 Å². The summed E-state index contributed by atoms with van der Waals surface area (Å²) in [6.45, 7) is 12.1. The van der Waals surface area contributed by atoms with Crippen LogP contribution in [0.25, 0.3) is 0 Å². The fourth-order valence-electron chi connectivity index (χ4n) is 2.32. The maximum atomic E-state index is 12.0. The summed E-state index contributed by atoms with van der Waals surface area (Å²) < 4.78 is 0. The number of halogens is 2. The van der Waals surface area contributed by atoms with Crippen LogP contribution in [0.4, 0.5) is 5.69 Å². The molecule has 2 N–H and O–H groups in total. The Kier molecular flexibility index (Phi) is 14.2. The van der Waals surface area contributed by atoms with Crippen LogP contribution >= 0.6 is 24.8 Å². The number of nitrogens with zero attached hydrogens (tertiary/aromatic N) is 1. The summed E-state index contributed by atoms with van der Waals surface area (Å²) in [5, 5.41) is 6.19. The normalized spacial score (nSPS) is 9.78. The number of benzene rings is 1. The number of amides is 1. The highest BCUT2D eigenvalue weighted by molar-refractivity contribution is 5.94. The predicted octanol–water partition coefficient (Wildman–Crippen LogP) is 3.49. The molecule has 4 nitrogen and oxygen atoms in total. The molecule has 0 aliphatic heterocycles. The topological polar surface area (TPSA) is 44.4 Å². The second-order valence-corrected chi connectivity index (χ2v) is 5.43. The van der Waals surface area contributed by atoms with Crippen LogP contribution in [-0.2, 0) is 0 Å². The average molecular weight is 364 g/mol. The van der Waals surface area contributed by atoms with E-state index in [0.29, 0.717) is 18.2 Å². The Balaban J connectivity index is 0. The molecule has 1 aromatic rings. The summed E-state index contributed by atoms with van der Waals surface area (Å²) >= 11 is 0. The Morgan fingerprint density at radius 1 is 1.04 bits per heavy atom. The largest absolute Gasteiger partial charge is 0.369 e. The van der Waals surface area contributed by atoms with Crippen LogP contribution in [0, 0.1) is 0 Å².